The van der Waals surface area contributed by atoms with Gasteiger partial charge >= 0.3 is 0 Å². The molecule has 0 amide bonds. The Kier molecular flexibility index (Phi) is 6.77. The largest absolute Gasteiger partial charge is 0.279 e. The van der Waals surface area contributed by atoms with Gasteiger partial charge in [0, 0.05) is 25.0 Å². The van der Waals surface area contributed by atoms with Crippen LogP contribution >= 0.6 is 11.6 Å². The number of hydrogen-bond donors (Lipinski definition) is 1. The maximum absolute atomic E-state index is 12.0. The predicted octanol–water partition coefficient (Wildman–Crippen LogP) is 2.10. The molecule has 0 spiro atoms. The number of rotatable bonds is 7. The van der Waals surface area contributed by atoms with Gasteiger partial charge in [0.25, 0.3) is 10.2 Å². The Morgan fingerprint density at radius 3 is 2.71 bits per heavy atom. The molecule has 4 nitrogen and oxygen atoms in total. The van der Waals surface area contributed by atoms with Gasteiger partial charge in [0.15, 0.2) is 0 Å². The lowest BCUT2D eigenvalue weighted by Gasteiger charge is -2.32. The van der Waals surface area contributed by atoms with Crippen molar-refractivity contribution in [2.45, 2.75) is 51.5 Å². The Hall–Kier alpha value is 0.160. The minimum absolute atomic E-state index is 0.129. The number of hydrogen-bond acceptors (Lipinski definition) is 2. The quantitative estimate of drug-likeness (QED) is 0.574. The van der Waals surface area contributed by atoms with Crippen LogP contribution in [0.15, 0.2) is 0 Å². The van der Waals surface area contributed by atoms with E-state index in [0.29, 0.717) is 19.0 Å². The molecule has 102 valence electrons. The van der Waals surface area contributed by atoms with E-state index < -0.39 is 10.2 Å². The van der Waals surface area contributed by atoms with Crippen LogP contribution in [0.3, 0.4) is 0 Å². The first kappa shape index (κ1) is 15.2. The Morgan fingerprint density at radius 1 is 1.29 bits per heavy atom. The lowest BCUT2D eigenvalue weighted by Crippen LogP contribution is -2.48. The fraction of sp³-hybridized carbons (Fsp3) is 1.00. The summed E-state index contributed by atoms with van der Waals surface area (Å²) < 4.78 is 28.3. The van der Waals surface area contributed by atoms with Crippen molar-refractivity contribution in [3.05, 3.63) is 0 Å². The van der Waals surface area contributed by atoms with Crippen LogP contribution in [0.2, 0.25) is 0 Å². The summed E-state index contributed by atoms with van der Waals surface area (Å²) in [5.41, 5.74) is 0. The number of nitrogens with zero attached hydrogens (tertiary/aromatic N) is 1. The van der Waals surface area contributed by atoms with E-state index in [-0.39, 0.29) is 6.04 Å². The third-order valence-electron chi connectivity index (χ3n) is 3.15. The molecule has 0 aromatic heterocycles. The zero-order chi connectivity index (χ0) is 12.7. The summed E-state index contributed by atoms with van der Waals surface area (Å²) in [6.45, 7) is 3.15. The average Bonchev–Trinajstić information content (AvgIpc) is 2.29. The maximum Gasteiger partial charge on any atom is 0.279 e. The lowest BCUT2D eigenvalue weighted by molar-refractivity contribution is 0.265. The summed E-state index contributed by atoms with van der Waals surface area (Å²) in [7, 11) is -3.27. The number of nitrogens with one attached hydrogen (secondary N) is 1. The Morgan fingerprint density at radius 2 is 2.06 bits per heavy atom. The Bertz CT molecular complexity index is 309. The van der Waals surface area contributed by atoms with Crippen molar-refractivity contribution in [2.24, 2.45) is 0 Å². The molecular formula is C11H23ClN2O2S. The molecule has 0 bridgehead atoms. The van der Waals surface area contributed by atoms with E-state index in [9.17, 15) is 8.42 Å². The van der Waals surface area contributed by atoms with Crippen LogP contribution in [-0.4, -0.2) is 37.7 Å². The normalized spacial score (nSPS) is 22.8. The summed E-state index contributed by atoms with van der Waals surface area (Å²) in [6, 6.07) is 0.129. The van der Waals surface area contributed by atoms with Crippen molar-refractivity contribution in [1.82, 2.24) is 9.03 Å². The molecule has 17 heavy (non-hydrogen) atoms. The minimum atomic E-state index is -3.27. The van der Waals surface area contributed by atoms with E-state index in [4.69, 9.17) is 11.6 Å². The molecule has 1 aliphatic rings. The van der Waals surface area contributed by atoms with Crippen molar-refractivity contribution in [2.75, 3.05) is 19.0 Å². The van der Waals surface area contributed by atoms with Crippen LogP contribution < -0.4 is 4.72 Å². The first-order chi connectivity index (χ1) is 8.08. The van der Waals surface area contributed by atoms with Crippen molar-refractivity contribution >= 4 is 21.8 Å². The van der Waals surface area contributed by atoms with Gasteiger partial charge in [0.1, 0.15) is 0 Å². The average molecular weight is 283 g/mol. The van der Waals surface area contributed by atoms with Gasteiger partial charge in [-0.2, -0.15) is 12.7 Å². The highest BCUT2D eigenvalue weighted by atomic mass is 35.5. The highest BCUT2D eigenvalue weighted by Crippen LogP contribution is 2.18. The molecule has 1 unspecified atom stereocenters. The topological polar surface area (TPSA) is 49.4 Å². The SMILES string of the molecule is CC1CCCCN1S(=O)(=O)NCCCCCCl. The standard InChI is InChI=1S/C11H23ClN2O2S/c1-11-7-3-6-10-14(11)17(15,16)13-9-5-2-4-8-12/h11,13H,2-10H2,1H3. The summed E-state index contributed by atoms with van der Waals surface area (Å²) in [5.74, 6) is 0.649. The fourth-order valence-electron chi connectivity index (χ4n) is 2.11. The van der Waals surface area contributed by atoms with Gasteiger partial charge in [-0.3, -0.25) is 0 Å². The van der Waals surface area contributed by atoms with Crippen LogP contribution in [-0.2, 0) is 10.2 Å². The summed E-state index contributed by atoms with van der Waals surface area (Å²) in [5, 5.41) is 0. The van der Waals surface area contributed by atoms with E-state index in [0.717, 1.165) is 38.5 Å². The molecule has 0 aromatic carbocycles. The molecular weight excluding hydrogens is 260 g/mol. The van der Waals surface area contributed by atoms with Gasteiger partial charge in [0.2, 0.25) is 0 Å². The molecule has 0 aliphatic carbocycles. The van der Waals surface area contributed by atoms with E-state index >= 15 is 0 Å². The summed E-state index contributed by atoms with van der Waals surface area (Å²) >= 11 is 5.56. The fourth-order valence-corrected chi connectivity index (χ4v) is 3.81. The van der Waals surface area contributed by atoms with Crippen molar-refractivity contribution in [3.8, 4) is 0 Å². The second kappa shape index (κ2) is 7.56. The number of piperidine rings is 1. The van der Waals surface area contributed by atoms with Gasteiger partial charge < -0.3 is 0 Å². The van der Waals surface area contributed by atoms with Gasteiger partial charge in [-0.1, -0.05) is 12.8 Å². The van der Waals surface area contributed by atoms with Crippen molar-refractivity contribution in [3.63, 3.8) is 0 Å². The van der Waals surface area contributed by atoms with Crippen LogP contribution in [0, 0.1) is 0 Å². The van der Waals surface area contributed by atoms with Gasteiger partial charge in [-0.25, -0.2) is 4.72 Å². The third kappa shape index (κ3) is 5.12. The molecule has 0 aromatic rings. The van der Waals surface area contributed by atoms with Gasteiger partial charge in [-0.05, 0) is 32.6 Å². The predicted molar refractivity (Wildman–Crippen MR) is 71.5 cm³/mol. The molecule has 0 saturated carbocycles. The molecule has 1 fully saturated rings. The van der Waals surface area contributed by atoms with Crippen LogP contribution in [0.5, 0.6) is 0 Å². The Balaban J connectivity index is 2.34. The zero-order valence-corrected chi connectivity index (χ0v) is 12.1. The minimum Gasteiger partial charge on any atom is -0.202 e. The van der Waals surface area contributed by atoms with Crippen molar-refractivity contribution in [1.29, 1.82) is 0 Å². The van der Waals surface area contributed by atoms with E-state index in [1.54, 1.807) is 4.31 Å². The number of alkyl halides is 1. The maximum atomic E-state index is 12.0. The van der Waals surface area contributed by atoms with E-state index in [1.165, 1.54) is 0 Å². The molecule has 1 rings (SSSR count). The lowest BCUT2D eigenvalue weighted by atomic mass is 10.1. The van der Waals surface area contributed by atoms with Crippen molar-refractivity contribution < 1.29 is 8.42 Å². The smallest absolute Gasteiger partial charge is 0.202 e. The highest BCUT2D eigenvalue weighted by molar-refractivity contribution is 7.87. The second-order valence-corrected chi connectivity index (χ2v) is 6.69. The molecule has 0 radical (unpaired) electrons. The van der Waals surface area contributed by atoms with E-state index in [2.05, 4.69) is 4.72 Å². The number of unbranched alkanes of at least 4 members (excludes halogenated alkanes) is 2. The molecule has 1 saturated heterocycles. The summed E-state index contributed by atoms with van der Waals surface area (Å²) in [4.78, 5) is 0. The van der Waals surface area contributed by atoms with Gasteiger partial charge in [0.05, 0.1) is 0 Å². The zero-order valence-electron chi connectivity index (χ0n) is 10.5. The molecule has 1 atom stereocenters. The Labute approximate surface area is 110 Å². The van der Waals surface area contributed by atoms with Crippen LogP contribution in [0.1, 0.15) is 45.4 Å². The molecule has 1 heterocycles. The van der Waals surface area contributed by atoms with Gasteiger partial charge in [-0.15, -0.1) is 11.6 Å². The first-order valence-corrected chi connectivity index (χ1v) is 8.38. The van der Waals surface area contributed by atoms with E-state index in [1.807, 2.05) is 6.92 Å². The molecule has 1 aliphatic heterocycles. The third-order valence-corrected chi connectivity index (χ3v) is 5.14. The van der Waals surface area contributed by atoms with Crippen LogP contribution in [0.4, 0.5) is 0 Å². The molecule has 1 N–H and O–H groups in total. The molecule has 6 heteroatoms. The highest BCUT2D eigenvalue weighted by Gasteiger charge is 2.28. The second-order valence-electron chi connectivity index (χ2n) is 4.60. The first-order valence-electron chi connectivity index (χ1n) is 6.40. The van der Waals surface area contributed by atoms with Crippen LogP contribution in [0.25, 0.3) is 0 Å². The monoisotopic (exact) mass is 282 g/mol. The summed E-state index contributed by atoms with van der Waals surface area (Å²) in [6.07, 6.45) is 5.84. The number of halogens is 1.